The molecule has 1 rings (SSSR count). The predicted molar refractivity (Wildman–Crippen MR) is 66.4 cm³/mol. The fourth-order valence-corrected chi connectivity index (χ4v) is 1.24. The molecule has 0 spiro atoms. The summed E-state index contributed by atoms with van der Waals surface area (Å²) in [5.74, 6) is 0. The van der Waals surface area contributed by atoms with Gasteiger partial charge in [0.15, 0.2) is 0 Å². The molecular formula is C12H13BrN2. The van der Waals surface area contributed by atoms with Crippen molar-refractivity contribution in [3.8, 4) is 0 Å². The molecule has 1 aromatic carbocycles. The van der Waals surface area contributed by atoms with Crippen LogP contribution >= 0.6 is 15.9 Å². The molecule has 0 unspecified atom stereocenters. The highest BCUT2D eigenvalue weighted by Crippen LogP contribution is 2.20. The third kappa shape index (κ3) is 4.24. The molecule has 15 heavy (non-hydrogen) atoms. The van der Waals surface area contributed by atoms with Crippen molar-refractivity contribution >= 4 is 21.6 Å². The second-order valence-corrected chi connectivity index (χ2v) is 4.59. The van der Waals surface area contributed by atoms with Gasteiger partial charge in [-0.2, -0.15) is 10.2 Å². The van der Waals surface area contributed by atoms with Crippen LogP contribution in [-0.2, 0) is 0 Å². The largest absolute Gasteiger partial charge is 0.178 e. The molecule has 0 N–H and O–H groups in total. The fraction of sp³-hybridized carbons (Fsp3) is 0.250. The zero-order valence-electron chi connectivity index (χ0n) is 8.87. The van der Waals surface area contributed by atoms with Gasteiger partial charge in [0, 0.05) is 4.47 Å². The van der Waals surface area contributed by atoms with E-state index in [1.165, 1.54) is 0 Å². The van der Waals surface area contributed by atoms with Crippen molar-refractivity contribution in [3.63, 3.8) is 0 Å². The van der Waals surface area contributed by atoms with Crippen LogP contribution in [0.4, 0.5) is 5.69 Å². The van der Waals surface area contributed by atoms with Gasteiger partial charge in [0.25, 0.3) is 0 Å². The first-order valence-electron chi connectivity index (χ1n) is 4.59. The monoisotopic (exact) mass is 264 g/mol. The van der Waals surface area contributed by atoms with Gasteiger partial charge in [0.2, 0.25) is 0 Å². The average Bonchev–Trinajstić information content (AvgIpc) is 2.17. The second-order valence-electron chi connectivity index (χ2n) is 3.68. The summed E-state index contributed by atoms with van der Waals surface area (Å²) < 4.78 is 1.03. The Balaban J connectivity index is 2.81. The van der Waals surface area contributed by atoms with Gasteiger partial charge in [0.1, 0.15) is 5.54 Å². The molecule has 0 aliphatic rings. The Bertz CT molecular complexity index is 398. The van der Waals surface area contributed by atoms with Crippen molar-refractivity contribution in [2.45, 2.75) is 19.4 Å². The summed E-state index contributed by atoms with van der Waals surface area (Å²) in [7, 11) is 0. The van der Waals surface area contributed by atoms with Crippen molar-refractivity contribution in [2.75, 3.05) is 0 Å². The Morgan fingerprint density at radius 3 is 2.47 bits per heavy atom. The van der Waals surface area contributed by atoms with Crippen molar-refractivity contribution < 1.29 is 0 Å². The van der Waals surface area contributed by atoms with E-state index in [4.69, 9.17) is 0 Å². The van der Waals surface area contributed by atoms with Crippen molar-refractivity contribution in [1.29, 1.82) is 0 Å². The quantitative estimate of drug-likeness (QED) is 0.561. The predicted octanol–water partition coefficient (Wildman–Crippen LogP) is 4.65. The third-order valence-corrected chi connectivity index (χ3v) is 2.23. The number of rotatable bonds is 3. The van der Waals surface area contributed by atoms with E-state index in [1.807, 2.05) is 38.1 Å². The smallest absolute Gasteiger partial charge is 0.102 e. The maximum absolute atomic E-state index is 4.20. The highest BCUT2D eigenvalue weighted by Gasteiger charge is 2.10. The van der Waals surface area contributed by atoms with Gasteiger partial charge in [-0.3, -0.25) is 0 Å². The zero-order valence-corrected chi connectivity index (χ0v) is 10.5. The molecule has 0 aromatic heterocycles. The van der Waals surface area contributed by atoms with Gasteiger partial charge in [0.05, 0.1) is 5.69 Å². The summed E-state index contributed by atoms with van der Waals surface area (Å²) in [6, 6.07) is 7.68. The van der Waals surface area contributed by atoms with Crippen LogP contribution in [0, 0.1) is 0 Å². The van der Waals surface area contributed by atoms with Crippen LogP contribution in [0.15, 0.2) is 57.4 Å². The van der Waals surface area contributed by atoms with Crippen LogP contribution in [0.3, 0.4) is 0 Å². The number of azo groups is 1. The normalized spacial score (nSPS) is 11.4. The van der Waals surface area contributed by atoms with Crippen LogP contribution in [0.25, 0.3) is 0 Å². The Morgan fingerprint density at radius 2 is 1.93 bits per heavy atom. The average molecular weight is 265 g/mol. The number of nitrogens with zero attached hydrogens (tertiary/aromatic N) is 2. The first kappa shape index (κ1) is 11.9. The summed E-state index contributed by atoms with van der Waals surface area (Å²) in [5, 5.41) is 8.34. The van der Waals surface area contributed by atoms with Crippen LogP contribution in [0.1, 0.15) is 13.8 Å². The van der Waals surface area contributed by atoms with E-state index < -0.39 is 0 Å². The molecule has 0 atom stereocenters. The maximum Gasteiger partial charge on any atom is 0.102 e. The van der Waals surface area contributed by atoms with Crippen LogP contribution < -0.4 is 0 Å². The van der Waals surface area contributed by atoms with E-state index in [-0.39, 0.29) is 5.54 Å². The number of benzene rings is 1. The molecule has 2 nitrogen and oxygen atoms in total. The SMILES string of the molecule is C=C=CC(C)(C)N=Nc1ccc(Br)cc1. The summed E-state index contributed by atoms with van der Waals surface area (Å²) in [5.41, 5.74) is 3.20. The van der Waals surface area contributed by atoms with Gasteiger partial charge in [-0.25, -0.2) is 0 Å². The molecule has 0 aliphatic heterocycles. The highest BCUT2D eigenvalue weighted by molar-refractivity contribution is 9.10. The van der Waals surface area contributed by atoms with Crippen molar-refractivity contribution in [1.82, 2.24) is 0 Å². The number of hydrogen-bond donors (Lipinski definition) is 0. The van der Waals surface area contributed by atoms with E-state index in [2.05, 4.69) is 38.5 Å². The molecule has 3 heteroatoms. The molecule has 0 aliphatic carbocycles. The van der Waals surface area contributed by atoms with Gasteiger partial charge >= 0.3 is 0 Å². The maximum atomic E-state index is 4.20. The van der Waals surface area contributed by atoms with E-state index >= 15 is 0 Å². The molecular weight excluding hydrogens is 252 g/mol. The lowest BCUT2D eigenvalue weighted by molar-refractivity contribution is 0.620. The summed E-state index contributed by atoms with van der Waals surface area (Å²) in [6.07, 6.45) is 1.79. The van der Waals surface area contributed by atoms with Crippen LogP contribution in [-0.4, -0.2) is 5.54 Å². The molecule has 0 radical (unpaired) electrons. The first-order valence-corrected chi connectivity index (χ1v) is 5.38. The minimum Gasteiger partial charge on any atom is -0.178 e. The Kier molecular flexibility index (Phi) is 4.01. The standard InChI is InChI=1S/C12H13BrN2/c1-4-9-12(2,3)15-14-11-7-5-10(13)6-8-11/h5-9H,1H2,2-3H3. The van der Waals surface area contributed by atoms with Gasteiger partial charge in [-0.05, 0) is 44.2 Å². The van der Waals surface area contributed by atoms with Gasteiger partial charge in [-0.15, -0.1) is 5.73 Å². The fourth-order valence-electron chi connectivity index (χ4n) is 0.973. The number of halogens is 1. The van der Waals surface area contributed by atoms with Crippen molar-refractivity contribution in [2.24, 2.45) is 10.2 Å². The number of hydrogen-bond acceptors (Lipinski definition) is 2. The Labute approximate surface area is 98.6 Å². The van der Waals surface area contributed by atoms with Crippen LogP contribution in [0.5, 0.6) is 0 Å². The van der Waals surface area contributed by atoms with Crippen LogP contribution in [0.2, 0.25) is 0 Å². The topological polar surface area (TPSA) is 24.7 Å². The molecule has 0 amide bonds. The Hall–Kier alpha value is -1.18. The van der Waals surface area contributed by atoms with Crippen molar-refractivity contribution in [3.05, 3.63) is 47.1 Å². The van der Waals surface area contributed by atoms with E-state index in [0.717, 1.165) is 10.2 Å². The first-order chi connectivity index (χ1) is 7.03. The zero-order chi connectivity index (χ0) is 11.3. The Morgan fingerprint density at radius 1 is 1.33 bits per heavy atom. The summed E-state index contributed by atoms with van der Waals surface area (Å²) in [6.45, 7) is 7.43. The molecule has 0 saturated carbocycles. The van der Waals surface area contributed by atoms with E-state index in [0.29, 0.717) is 0 Å². The lowest BCUT2D eigenvalue weighted by atomic mass is 10.1. The highest BCUT2D eigenvalue weighted by atomic mass is 79.9. The van der Waals surface area contributed by atoms with E-state index in [9.17, 15) is 0 Å². The summed E-state index contributed by atoms with van der Waals surface area (Å²) >= 11 is 3.36. The summed E-state index contributed by atoms with van der Waals surface area (Å²) in [4.78, 5) is 0. The second kappa shape index (κ2) is 5.06. The minimum atomic E-state index is -0.352. The molecule has 0 fully saturated rings. The van der Waals surface area contributed by atoms with E-state index in [1.54, 1.807) is 6.08 Å². The minimum absolute atomic E-state index is 0.352. The molecule has 78 valence electrons. The third-order valence-electron chi connectivity index (χ3n) is 1.71. The lowest BCUT2D eigenvalue weighted by Gasteiger charge is -2.09. The molecule has 0 heterocycles. The van der Waals surface area contributed by atoms with Gasteiger partial charge in [-0.1, -0.05) is 22.5 Å². The molecule has 1 aromatic rings. The lowest BCUT2D eigenvalue weighted by Crippen LogP contribution is -2.10. The van der Waals surface area contributed by atoms with Gasteiger partial charge < -0.3 is 0 Å². The molecule has 0 bridgehead atoms. The molecule has 0 saturated heterocycles.